The highest BCUT2D eigenvalue weighted by Crippen LogP contribution is 2.75. The van der Waals surface area contributed by atoms with Crippen LogP contribution < -0.4 is 10.6 Å². The molecule has 3 saturated carbocycles. The quantitative estimate of drug-likeness (QED) is 0.250. The number of hydrogen-bond acceptors (Lipinski definition) is 7. The third-order valence-electron chi connectivity index (χ3n) is 17.2. The first kappa shape index (κ1) is 37.3. The van der Waals surface area contributed by atoms with E-state index in [0.29, 0.717) is 31.0 Å². The standard InChI is InChI=1S/C42H69N5O4/c1-26(2)28(5)38(7)17-18-39(8)29-13-14-32-37(6)21-31(47-36(44-25-45-47)46-19-11-12-20-46)34(51-23-41(10,43)27(3)4)42(32,24-50-22-37)30(29)15-16-40(39,9)33(38)35(48)49/h15,25-29,31-34H,11-14,16-24,43H2,1-10H3,(H,48,49)/t28-,29+,31-,32-,33-,34+,37-,38-,39-,40+,41+,42+/m1/s1. The molecule has 0 unspecified atom stereocenters. The molecule has 2 aliphatic heterocycles. The van der Waals surface area contributed by atoms with Gasteiger partial charge in [0.25, 0.3) is 0 Å². The average Bonchev–Trinajstić information content (AvgIpc) is 3.76. The summed E-state index contributed by atoms with van der Waals surface area (Å²) < 4.78 is 16.4. The number of allylic oxidation sites excluding steroid dienone is 1. The molecular weight excluding hydrogens is 638 g/mol. The van der Waals surface area contributed by atoms with E-state index in [-0.39, 0.29) is 51.1 Å². The molecule has 2 bridgehead atoms. The zero-order chi connectivity index (χ0) is 36.9. The van der Waals surface area contributed by atoms with E-state index in [1.807, 2.05) is 0 Å². The molecule has 0 spiro atoms. The van der Waals surface area contributed by atoms with Gasteiger partial charge in [0.15, 0.2) is 0 Å². The van der Waals surface area contributed by atoms with E-state index < -0.39 is 17.4 Å². The number of ether oxygens (including phenoxy) is 2. The number of anilines is 1. The highest BCUT2D eigenvalue weighted by molar-refractivity contribution is 5.73. The molecule has 7 rings (SSSR count). The van der Waals surface area contributed by atoms with Crippen molar-refractivity contribution in [1.29, 1.82) is 0 Å². The van der Waals surface area contributed by atoms with Crippen LogP contribution in [-0.4, -0.2) is 70.4 Å². The van der Waals surface area contributed by atoms with Crippen LogP contribution in [0.1, 0.15) is 127 Å². The number of rotatable bonds is 9. The SMILES string of the molecule is CC(C)[C@@H](C)[C@@]1(C)CC[C@]2(C)[C@H]3CC[C@@H]4[C@@]5(C)COC[C@@]4(C3=CC[C@@]2(C)[C@@H]1C(=O)O)[C@@H](OC[C@](C)(N)C(C)C)[C@H](n1ncnc1N1CCCC1)C5. The molecule has 0 aromatic carbocycles. The fourth-order valence-electron chi connectivity index (χ4n) is 13.1. The first-order chi connectivity index (χ1) is 23.9. The van der Waals surface area contributed by atoms with Crippen LogP contribution in [0.15, 0.2) is 18.0 Å². The molecule has 3 N–H and O–H groups in total. The first-order valence-corrected chi connectivity index (χ1v) is 20.4. The lowest BCUT2D eigenvalue weighted by Gasteiger charge is -2.71. The van der Waals surface area contributed by atoms with E-state index in [9.17, 15) is 9.90 Å². The Morgan fingerprint density at radius 3 is 2.43 bits per heavy atom. The molecule has 5 fully saturated rings. The Hall–Kier alpha value is -1.97. The van der Waals surface area contributed by atoms with Crippen LogP contribution in [0.5, 0.6) is 0 Å². The number of aromatic nitrogens is 3. The summed E-state index contributed by atoms with van der Waals surface area (Å²) in [6, 6.07) is -0.0229. The number of aliphatic carboxylic acids is 1. The van der Waals surface area contributed by atoms with Crippen molar-refractivity contribution >= 4 is 11.9 Å². The largest absolute Gasteiger partial charge is 0.481 e. The summed E-state index contributed by atoms with van der Waals surface area (Å²) in [5, 5.41) is 16.2. The second-order valence-electron chi connectivity index (χ2n) is 20.2. The van der Waals surface area contributed by atoms with Gasteiger partial charge in [-0.15, -0.1) is 0 Å². The summed E-state index contributed by atoms with van der Waals surface area (Å²) in [5.74, 6) is 1.55. The predicted molar refractivity (Wildman–Crippen MR) is 201 cm³/mol. The van der Waals surface area contributed by atoms with E-state index >= 15 is 0 Å². The van der Waals surface area contributed by atoms with Crippen molar-refractivity contribution in [1.82, 2.24) is 14.8 Å². The van der Waals surface area contributed by atoms with Gasteiger partial charge in [0, 0.05) is 24.0 Å². The molecule has 2 saturated heterocycles. The molecule has 3 heterocycles. The number of nitrogens with two attached hydrogens (primary N) is 1. The summed E-state index contributed by atoms with van der Waals surface area (Å²) in [7, 11) is 0. The lowest BCUT2D eigenvalue weighted by molar-refractivity contribution is -0.254. The molecule has 1 aromatic rings. The van der Waals surface area contributed by atoms with Gasteiger partial charge in [0.2, 0.25) is 5.95 Å². The monoisotopic (exact) mass is 708 g/mol. The summed E-state index contributed by atoms with van der Waals surface area (Å²) in [6.07, 6.45) is 12.2. The molecule has 0 radical (unpaired) electrons. The van der Waals surface area contributed by atoms with E-state index in [2.05, 4.69) is 84.9 Å². The number of carboxylic acid groups (broad SMARTS) is 1. The third kappa shape index (κ3) is 5.26. The molecule has 0 amide bonds. The van der Waals surface area contributed by atoms with Gasteiger partial charge in [-0.1, -0.05) is 74.0 Å². The van der Waals surface area contributed by atoms with E-state index in [4.69, 9.17) is 25.3 Å². The van der Waals surface area contributed by atoms with Gasteiger partial charge in [-0.25, -0.2) is 4.68 Å². The third-order valence-corrected chi connectivity index (χ3v) is 17.2. The first-order valence-electron chi connectivity index (χ1n) is 20.4. The van der Waals surface area contributed by atoms with Gasteiger partial charge >= 0.3 is 5.97 Å². The predicted octanol–water partition coefficient (Wildman–Crippen LogP) is 7.77. The van der Waals surface area contributed by atoms with Crippen molar-refractivity contribution in [3.8, 4) is 0 Å². The molecule has 1 aromatic heterocycles. The molecule has 6 aliphatic rings. The fraction of sp³-hybridized carbons (Fsp3) is 0.881. The Kier molecular flexibility index (Phi) is 9.19. The van der Waals surface area contributed by atoms with Gasteiger partial charge in [-0.3, -0.25) is 4.79 Å². The van der Waals surface area contributed by atoms with Crippen LogP contribution in [-0.2, 0) is 14.3 Å². The highest BCUT2D eigenvalue weighted by atomic mass is 16.5. The Balaban J connectivity index is 1.38. The number of fused-ring (bicyclic) bond motifs is 3. The van der Waals surface area contributed by atoms with Crippen molar-refractivity contribution in [2.75, 3.05) is 37.8 Å². The topological polar surface area (TPSA) is 116 Å². The van der Waals surface area contributed by atoms with E-state index in [1.54, 1.807) is 6.33 Å². The van der Waals surface area contributed by atoms with Gasteiger partial charge in [0.1, 0.15) is 6.33 Å². The van der Waals surface area contributed by atoms with Crippen molar-refractivity contribution in [3.05, 3.63) is 18.0 Å². The van der Waals surface area contributed by atoms with Gasteiger partial charge in [-0.05, 0) is 110 Å². The van der Waals surface area contributed by atoms with Crippen LogP contribution in [0.3, 0.4) is 0 Å². The molecule has 9 heteroatoms. The lowest BCUT2D eigenvalue weighted by atomic mass is 9.34. The summed E-state index contributed by atoms with van der Waals surface area (Å²) in [6.45, 7) is 26.7. The van der Waals surface area contributed by atoms with Crippen LogP contribution >= 0.6 is 0 Å². The normalized spacial score (nSPS) is 44.0. The summed E-state index contributed by atoms with van der Waals surface area (Å²) in [4.78, 5) is 20.9. The van der Waals surface area contributed by atoms with Gasteiger partial charge in [0.05, 0.1) is 37.9 Å². The number of carbonyl (C=O) groups is 1. The van der Waals surface area contributed by atoms with E-state index in [1.165, 1.54) is 18.4 Å². The van der Waals surface area contributed by atoms with Crippen LogP contribution in [0.2, 0.25) is 0 Å². The minimum Gasteiger partial charge on any atom is -0.481 e. The zero-order valence-corrected chi connectivity index (χ0v) is 33.5. The Morgan fingerprint density at radius 2 is 1.78 bits per heavy atom. The summed E-state index contributed by atoms with van der Waals surface area (Å²) >= 11 is 0. The Bertz CT molecular complexity index is 1520. The van der Waals surface area contributed by atoms with Gasteiger partial charge in [-0.2, -0.15) is 10.1 Å². The van der Waals surface area contributed by atoms with E-state index in [0.717, 1.165) is 64.2 Å². The second-order valence-corrected chi connectivity index (χ2v) is 20.2. The smallest absolute Gasteiger partial charge is 0.307 e. The Morgan fingerprint density at radius 1 is 1.08 bits per heavy atom. The number of nitrogens with zero attached hydrogens (tertiary/aromatic N) is 4. The Labute approximate surface area is 307 Å². The van der Waals surface area contributed by atoms with Crippen molar-refractivity contribution in [2.24, 2.45) is 68.3 Å². The second kappa shape index (κ2) is 12.5. The van der Waals surface area contributed by atoms with Crippen molar-refractivity contribution in [2.45, 2.75) is 138 Å². The number of hydrogen-bond donors (Lipinski definition) is 2. The van der Waals surface area contributed by atoms with Crippen LogP contribution in [0, 0.1) is 62.6 Å². The van der Waals surface area contributed by atoms with Crippen LogP contribution in [0.25, 0.3) is 0 Å². The molecule has 51 heavy (non-hydrogen) atoms. The molecule has 12 atom stereocenters. The van der Waals surface area contributed by atoms with Gasteiger partial charge < -0.3 is 25.2 Å². The fourth-order valence-corrected chi connectivity index (χ4v) is 13.1. The average molecular weight is 708 g/mol. The van der Waals surface area contributed by atoms with Crippen molar-refractivity contribution in [3.63, 3.8) is 0 Å². The molecule has 4 aliphatic carbocycles. The molecule has 286 valence electrons. The maximum absolute atomic E-state index is 13.6. The maximum atomic E-state index is 13.6. The summed E-state index contributed by atoms with van der Waals surface area (Å²) in [5.41, 5.74) is 6.73. The van der Waals surface area contributed by atoms with Crippen molar-refractivity contribution < 1.29 is 19.4 Å². The molecular formula is C42H69N5O4. The molecule has 9 nitrogen and oxygen atoms in total. The zero-order valence-electron chi connectivity index (χ0n) is 33.5. The van der Waals surface area contributed by atoms with Crippen LogP contribution in [0.4, 0.5) is 5.95 Å². The highest BCUT2D eigenvalue weighted by Gasteiger charge is 2.73. The minimum absolute atomic E-state index is 0.0229. The maximum Gasteiger partial charge on any atom is 0.307 e. The number of carboxylic acids is 1. The lowest BCUT2D eigenvalue weighted by Crippen LogP contribution is -2.70. The minimum atomic E-state index is -0.619.